The normalized spacial score (nSPS) is 44.7. The summed E-state index contributed by atoms with van der Waals surface area (Å²) in [6.45, 7) is 13.5. The number of allylic oxidation sites excluding steroid dienone is 2. The number of benzene rings is 1. The number of ketones is 2. The van der Waals surface area contributed by atoms with Crippen LogP contribution in [0.15, 0.2) is 75.8 Å². The number of carbonyl (C=O) groups is 3. The van der Waals surface area contributed by atoms with E-state index in [1.807, 2.05) is 83.2 Å². The Kier molecular flexibility index (Phi) is 8.77. The van der Waals surface area contributed by atoms with Crippen LogP contribution in [-0.2, 0) is 14.4 Å². The van der Waals surface area contributed by atoms with Gasteiger partial charge in [0.2, 0.25) is 0 Å². The molecule has 10 heteroatoms. The molecule has 3 fully saturated rings. The fraction of sp³-hybridized carbons (Fsp3) is 0.591. The van der Waals surface area contributed by atoms with Crippen LogP contribution in [0.25, 0.3) is 6.08 Å². The predicted octanol–water partition coefficient (Wildman–Crippen LogP) is 5.13. The maximum Gasteiger partial charge on any atom is 0.331 e. The van der Waals surface area contributed by atoms with Gasteiger partial charge in [-0.05, 0) is 66.6 Å². The van der Waals surface area contributed by atoms with Crippen molar-refractivity contribution < 1.29 is 34.8 Å². The standard InChI is InChI=1S/C44H57N3O7/c1-23(37(53)54)26-15-18-44(47-38(45)46)20-19-43(24(2)31(44)34(26)51)22-30(50)42(7)33-32(28(48)21-41(42,43)6)40(5)17-16-29(49)39(3,4)36(40)27(35(33)52)14-13-25-11-9-8-10-12-25/h8-14,19-20,24,27,30-31,34-36,50-52H,15-18,21-22H2,1-7H3,(H,53,54)(H4,45,46,47). The molecule has 1 aromatic carbocycles. The third-order valence-corrected chi connectivity index (χ3v) is 16.2. The van der Waals surface area contributed by atoms with Crippen molar-refractivity contribution in [2.75, 3.05) is 0 Å². The Morgan fingerprint density at radius 3 is 2.24 bits per heavy atom. The number of carbonyl (C=O) groups excluding carboxylic acids is 2. The second-order valence-corrected chi connectivity index (χ2v) is 18.6. The summed E-state index contributed by atoms with van der Waals surface area (Å²) in [7, 11) is 0. The molecule has 7 rings (SSSR count). The molecule has 0 radical (unpaired) electrons. The number of aliphatic carboxylic acids is 1. The lowest BCUT2D eigenvalue weighted by Crippen LogP contribution is -2.65. The third kappa shape index (κ3) is 4.81. The van der Waals surface area contributed by atoms with Crippen molar-refractivity contribution in [1.29, 1.82) is 0 Å². The molecular formula is C44H57N3O7. The number of aliphatic hydroxyl groups is 3. The molecule has 3 saturated carbocycles. The van der Waals surface area contributed by atoms with E-state index in [2.05, 4.69) is 13.0 Å². The van der Waals surface area contributed by atoms with Gasteiger partial charge in [-0.1, -0.05) is 96.2 Å². The molecule has 0 amide bonds. The summed E-state index contributed by atoms with van der Waals surface area (Å²) in [5.74, 6) is -3.27. The quantitative estimate of drug-likeness (QED) is 0.105. The fourth-order valence-corrected chi connectivity index (χ4v) is 13.4. The van der Waals surface area contributed by atoms with Crippen LogP contribution in [0.2, 0.25) is 0 Å². The lowest BCUT2D eigenvalue weighted by Gasteiger charge is -2.65. The summed E-state index contributed by atoms with van der Waals surface area (Å²) < 4.78 is 0. The molecule has 0 heterocycles. The van der Waals surface area contributed by atoms with E-state index in [0.29, 0.717) is 36.0 Å². The minimum atomic E-state index is -1.20. The Morgan fingerprint density at radius 2 is 1.61 bits per heavy atom. The number of nitrogens with zero attached hydrogens (tertiary/aromatic N) is 1. The van der Waals surface area contributed by atoms with E-state index >= 15 is 4.79 Å². The number of aliphatic imine (C=N–C) groups is 1. The molecule has 54 heavy (non-hydrogen) atoms. The Morgan fingerprint density at radius 1 is 0.944 bits per heavy atom. The molecule has 10 nitrogen and oxygen atoms in total. The van der Waals surface area contributed by atoms with Crippen molar-refractivity contribution in [3.8, 4) is 0 Å². The monoisotopic (exact) mass is 739 g/mol. The molecule has 12 atom stereocenters. The van der Waals surface area contributed by atoms with E-state index < -0.39 is 74.6 Å². The van der Waals surface area contributed by atoms with Gasteiger partial charge in [-0.25, -0.2) is 9.79 Å². The minimum absolute atomic E-state index is 0.0803. The Labute approximate surface area is 318 Å². The molecule has 8 N–H and O–H groups in total. The highest BCUT2D eigenvalue weighted by Crippen LogP contribution is 2.78. The summed E-state index contributed by atoms with van der Waals surface area (Å²) in [4.78, 5) is 45.7. The van der Waals surface area contributed by atoms with Gasteiger partial charge in [0.25, 0.3) is 0 Å². The largest absolute Gasteiger partial charge is 0.478 e. The first kappa shape index (κ1) is 38.4. The Balaban J connectivity index is 1.44. The topological polar surface area (TPSA) is 197 Å². The highest BCUT2D eigenvalue weighted by Gasteiger charge is 2.77. The number of hydrogen-bond donors (Lipinski definition) is 6. The van der Waals surface area contributed by atoms with Crippen LogP contribution in [0.4, 0.5) is 0 Å². The lowest BCUT2D eigenvalue weighted by atomic mass is 9.38. The van der Waals surface area contributed by atoms with Crippen molar-refractivity contribution in [3.05, 3.63) is 76.4 Å². The number of fused-ring (bicyclic) bond motifs is 6. The Bertz CT molecular complexity index is 1960. The maximum absolute atomic E-state index is 15.2. The van der Waals surface area contributed by atoms with Gasteiger partial charge in [0, 0.05) is 57.5 Å². The van der Waals surface area contributed by atoms with E-state index in [1.165, 1.54) is 6.92 Å². The zero-order valence-corrected chi connectivity index (χ0v) is 32.6. The van der Waals surface area contributed by atoms with Crippen molar-refractivity contribution in [2.24, 2.45) is 67.2 Å². The Hall–Kier alpha value is -3.86. The SMILES string of the molecule is CC(C(=O)O)=C1CCC2(N=C(N)N)C=CC3(CC(O)C4(C)C5=C(C(=O)CC34C)C3(C)CCC(=O)C(C)(C)C3C(C=Cc3ccccc3)C5O)C(C)C2C1O. The molecule has 0 aromatic heterocycles. The molecule has 0 aliphatic heterocycles. The molecule has 0 saturated heterocycles. The number of aliphatic hydroxyl groups excluding tert-OH is 3. The number of carboxylic acid groups (broad SMARTS) is 1. The summed E-state index contributed by atoms with van der Waals surface area (Å²) in [5.41, 5.74) is 9.03. The van der Waals surface area contributed by atoms with Gasteiger partial charge < -0.3 is 31.9 Å². The second-order valence-electron chi connectivity index (χ2n) is 18.6. The second kappa shape index (κ2) is 12.3. The van der Waals surface area contributed by atoms with Crippen molar-refractivity contribution in [2.45, 2.75) is 111 Å². The van der Waals surface area contributed by atoms with Crippen LogP contribution in [0.1, 0.15) is 92.6 Å². The molecule has 290 valence electrons. The minimum Gasteiger partial charge on any atom is -0.478 e. The summed E-state index contributed by atoms with van der Waals surface area (Å²) in [6, 6.07) is 9.80. The molecule has 12 unspecified atom stereocenters. The first-order valence-corrected chi connectivity index (χ1v) is 19.5. The van der Waals surface area contributed by atoms with Crippen LogP contribution in [0.3, 0.4) is 0 Å². The number of guanidine groups is 1. The van der Waals surface area contributed by atoms with E-state index in [0.717, 1.165) is 5.56 Å². The van der Waals surface area contributed by atoms with Gasteiger partial charge in [0.1, 0.15) is 5.78 Å². The highest BCUT2D eigenvalue weighted by molar-refractivity contribution is 6.01. The molecule has 1 spiro atoms. The van der Waals surface area contributed by atoms with Gasteiger partial charge in [0.15, 0.2) is 11.7 Å². The zero-order valence-electron chi connectivity index (χ0n) is 32.6. The van der Waals surface area contributed by atoms with Gasteiger partial charge in [-0.2, -0.15) is 0 Å². The zero-order chi connectivity index (χ0) is 39.6. The number of rotatable bonds is 4. The van der Waals surface area contributed by atoms with Gasteiger partial charge in [-0.15, -0.1) is 0 Å². The summed E-state index contributed by atoms with van der Waals surface area (Å²) >= 11 is 0. The average Bonchev–Trinajstić information content (AvgIpc) is 3.27. The molecule has 0 bridgehead atoms. The molecule has 6 aliphatic rings. The van der Waals surface area contributed by atoms with Crippen molar-refractivity contribution in [3.63, 3.8) is 0 Å². The van der Waals surface area contributed by atoms with E-state index in [4.69, 9.17) is 16.5 Å². The molecular weight excluding hydrogens is 682 g/mol. The maximum atomic E-state index is 15.2. The lowest BCUT2D eigenvalue weighted by molar-refractivity contribution is -0.153. The van der Waals surface area contributed by atoms with E-state index in [9.17, 15) is 30.0 Å². The third-order valence-electron chi connectivity index (χ3n) is 16.2. The smallest absolute Gasteiger partial charge is 0.331 e. The first-order chi connectivity index (χ1) is 25.1. The summed E-state index contributed by atoms with van der Waals surface area (Å²) in [6.07, 6.45) is 6.37. The number of hydrogen-bond acceptors (Lipinski definition) is 7. The summed E-state index contributed by atoms with van der Waals surface area (Å²) in [5, 5.41) is 47.7. The molecule has 6 aliphatic carbocycles. The van der Waals surface area contributed by atoms with E-state index in [-0.39, 0.29) is 48.3 Å². The van der Waals surface area contributed by atoms with Crippen LogP contribution in [0.5, 0.6) is 0 Å². The number of Topliss-reactive ketones (excluding diaryl/α,β-unsaturated/α-hetero) is 2. The van der Waals surface area contributed by atoms with Gasteiger partial charge in [-0.3, -0.25) is 9.59 Å². The molecule has 1 aromatic rings. The first-order valence-electron chi connectivity index (χ1n) is 19.5. The van der Waals surface area contributed by atoms with E-state index in [1.54, 1.807) is 0 Å². The average molecular weight is 740 g/mol. The highest BCUT2D eigenvalue weighted by atomic mass is 16.4. The van der Waals surface area contributed by atoms with Gasteiger partial charge in [0.05, 0.1) is 23.9 Å². The number of carboxylic acids is 1. The van der Waals surface area contributed by atoms with Crippen LogP contribution < -0.4 is 11.5 Å². The number of nitrogens with two attached hydrogens (primary N) is 2. The fourth-order valence-electron chi connectivity index (χ4n) is 13.4. The van der Waals surface area contributed by atoms with Crippen LogP contribution >= 0.6 is 0 Å². The van der Waals surface area contributed by atoms with Crippen molar-refractivity contribution >= 4 is 29.6 Å². The predicted molar refractivity (Wildman–Crippen MR) is 206 cm³/mol. The van der Waals surface area contributed by atoms with Crippen LogP contribution in [0, 0.1) is 50.7 Å². The van der Waals surface area contributed by atoms with Gasteiger partial charge >= 0.3 is 5.97 Å². The van der Waals surface area contributed by atoms with Crippen molar-refractivity contribution in [1.82, 2.24) is 0 Å². The van der Waals surface area contributed by atoms with Crippen LogP contribution in [-0.4, -0.2) is 67.8 Å².